The fraction of sp³-hybridized carbons (Fsp3) is 0.412. The number of furan rings is 1. The number of fused-ring (bicyclic) bond motifs is 1. The number of hydrogen-bond acceptors (Lipinski definition) is 10. The number of aryl methyl sites for hydroxylation is 1. The molecule has 0 bridgehead atoms. The third-order valence-electron chi connectivity index (χ3n) is 8.42. The number of imide groups is 2. The van der Waals surface area contributed by atoms with Crippen LogP contribution in [0, 0.1) is 0 Å². The molecule has 1 aromatic carbocycles. The number of aromatic nitrogens is 2. The van der Waals surface area contributed by atoms with E-state index in [1.54, 1.807) is 30.1 Å². The Morgan fingerprint density at radius 2 is 1.68 bits per heavy atom. The van der Waals surface area contributed by atoms with E-state index in [-0.39, 0.29) is 42.0 Å². The van der Waals surface area contributed by atoms with Gasteiger partial charge in [0.1, 0.15) is 17.6 Å². The number of aliphatic carboxylic acids is 1. The van der Waals surface area contributed by atoms with Crippen molar-refractivity contribution in [3.63, 3.8) is 0 Å². The Morgan fingerprint density at radius 1 is 1.06 bits per heavy atom. The van der Waals surface area contributed by atoms with Crippen LogP contribution in [-0.4, -0.2) is 104 Å². The minimum Gasteiger partial charge on any atom is -0.475 e. The van der Waals surface area contributed by atoms with Crippen molar-refractivity contribution in [2.75, 3.05) is 21.1 Å². The van der Waals surface area contributed by atoms with Gasteiger partial charge in [0.15, 0.2) is 6.04 Å². The number of carboxylic acids is 1. The van der Waals surface area contributed by atoms with Crippen molar-refractivity contribution in [3.8, 4) is 0 Å². The number of nitrogens with one attached hydrogen (secondary N) is 2. The Labute approximate surface area is 300 Å². The molecule has 0 spiro atoms. The third kappa shape index (κ3) is 8.45. The van der Waals surface area contributed by atoms with Gasteiger partial charge in [0.05, 0.1) is 41.7 Å². The minimum atomic E-state index is -5.08. The topological polar surface area (TPSA) is 204 Å². The number of amides is 6. The zero-order valence-electron chi connectivity index (χ0n) is 29.6. The van der Waals surface area contributed by atoms with E-state index in [4.69, 9.17) is 14.3 Å². The van der Waals surface area contributed by atoms with E-state index in [0.29, 0.717) is 23.8 Å². The van der Waals surface area contributed by atoms with E-state index in [1.165, 1.54) is 30.1 Å². The average Bonchev–Trinajstić information content (AvgIpc) is 3.75. The van der Waals surface area contributed by atoms with Crippen molar-refractivity contribution >= 4 is 41.4 Å². The van der Waals surface area contributed by atoms with E-state index < -0.39 is 59.7 Å². The second kappa shape index (κ2) is 15.8. The molecule has 4 heterocycles. The quantitative estimate of drug-likeness (QED) is 0.257. The first kappa shape index (κ1) is 39.9. The summed E-state index contributed by atoms with van der Waals surface area (Å²) in [7, 11) is 6.93. The van der Waals surface area contributed by atoms with Gasteiger partial charge >= 0.3 is 12.1 Å². The van der Waals surface area contributed by atoms with Crippen LogP contribution < -0.4 is 10.6 Å². The molecular formula is C34H38F3N7O9. The first-order chi connectivity index (χ1) is 24.8. The van der Waals surface area contributed by atoms with Gasteiger partial charge in [-0.15, -0.1) is 0 Å². The monoisotopic (exact) mass is 745 g/mol. The lowest BCUT2D eigenvalue weighted by molar-refractivity contribution is -0.192. The van der Waals surface area contributed by atoms with Crippen LogP contribution in [0.25, 0.3) is 0 Å². The highest BCUT2D eigenvalue weighted by molar-refractivity contribution is 6.26. The van der Waals surface area contributed by atoms with Crippen LogP contribution in [0.3, 0.4) is 0 Å². The molecule has 0 radical (unpaired) electrons. The molecule has 2 aliphatic rings. The summed E-state index contributed by atoms with van der Waals surface area (Å²) in [6, 6.07) is 5.41. The maximum atomic E-state index is 14.7. The summed E-state index contributed by atoms with van der Waals surface area (Å²) < 4.78 is 39.3. The Balaban J connectivity index is 0.000000815. The van der Waals surface area contributed by atoms with Crippen molar-refractivity contribution in [2.45, 2.75) is 64.0 Å². The number of benzene rings is 1. The Morgan fingerprint density at radius 3 is 2.23 bits per heavy atom. The van der Waals surface area contributed by atoms with Gasteiger partial charge < -0.3 is 24.6 Å². The molecule has 53 heavy (non-hydrogen) atoms. The molecule has 5 rings (SSSR count). The number of hydrogen-bond donors (Lipinski definition) is 3. The molecule has 2 aromatic heterocycles. The van der Waals surface area contributed by atoms with Gasteiger partial charge in [-0.25, -0.2) is 4.79 Å². The van der Waals surface area contributed by atoms with Gasteiger partial charge in [0.2, 0.25) is 17.7 Å². The van der Waals surface area contributed by atoms with Gasteiger partial charge in [0, 0.05) is 20.5 Å². The fourth-order valence-electron chi connectivity index (χ4n) is 5.99. The fourth-order valence-corrected chi connectivity index (χ4v) is 5.99. The summed E-state index contributed by atoms with van der Waals surface area (Å²) >= 11 is 0. The molecule has 16 nitrogen and oxygen atoms in total. The third-order valence-corrected chi connectivity index (χ3v) is 8.42. The summed E-state index contributed by atoms with van der Waals surface area (Å²) in [6.07, 6.45) is -3.50. The van der Waals surface area contributed by atoms with Crippen molar-refractivity contribution in [3.05, 3.63) is 76.0 Å². The lowest BCUT2D eigenvalue weighted by Gasteiger charge is -2.32. The van der Waals surface area contributed by atoms with Crippen LogP contribution in [0.5, 0.6) is 0 Å². The number of halogens is 3. The SMILES string of the molecule is CNC(=O)C(c1c(C(C)C)cnn1C)N(Cc1ccc(CN(C)C)o1)C(=O)c1cccc2c1C(=O)N(C1CCC(=O)NC1=O)C2=O.O=C(O)C(F)(F)F. The van der Waals surface area contributed by atoms with Crippen molar-refractivity contribution in [1.82, 2.24) is 35.1 Å². The van der Waals surface area contributed by atoms with E-state index in [1.807, 2.05) is 32.8 Å². The summed E-state index contributed by atoms with van der Waals surface area (Å²) in [6.45, 7) is 4.25. The van der Waals surface area contributed by atoms with E-state index in [9.17, 15) is 41.9 Å². The van der Waals surface area contributed by atoms with Crippen LogP contribution in [0.2, 0.25) is 0 Å². The van der Waals surface area contributed by atoms with Gasteiger partial charge in [-0.3, -0.25) is 43.7 Å². The predicted octanol–water partition coefficient (Wildman–Crippen LogP) is 2.36. The zero-order chi connectivity index (χ0) is 39.5. The summed E-state index contributed by atoms with van der Waals surface area (Å²) in [4.78, 5) is 93.2. The molecule has 1 saturated heterocycles. The first-order valence-corrected chi connectivity index (χ1v) is 16.2. The number of rotatable bonds is 10. The van der Waals surface area contributed by atoms with Gasteiger partial charge in [0.25, 0.3) is 17.7 Å². The van der Waals surface area contributed by atoms with E-state index in [2.05, 4.69) is 15.7 Å². The van der Waals surface area contributed by atoms with E-state index in [0.717, 1.165) is 10.5 Å². The number of piperidine rings is 1. The van der Waals surface area contributed by atoms with Crippen LogP contribution in [0.1, 0.15) is 92.5 Å². The van der Waals surface area contributed by atoms with Gasteiger partial charge in [-0.2, -0.15) is 18.3 Å². The maximum absolute atomic E-state index is 14.7. The highest BCUT2D eigenvalue weighted by atomic mass is 19.4. The molecule has 2 atom stereocenters. The first-order valence-electron chi connectivity index (χ1n) is 16.2. The number of alkyl halides is 3. The predicted molar refractivity (Wildman–Crippen MR) is 177 cm³/mol. The van der Waals surface area contributed by atoms with Crippen LogP contribution in [0.4, 0.5) is 13.2 Å². The van der Waals surface area contributed by atoms with Crippen LogP contribution in [-0.2, 0) is 39.3 Å². The normalized spacial score (nSPS) is 16.3. The number of likely N-dealkylation sites (N-methyl/N-ethyl adjacent to an activating group) is 1. The largest absolute Gasteiger partial charge is 0.490 e. The van der Waals surface area contributed by atoms with Crippen molar-refractivity contribution in [2.24, 2.45) is 7.05 Å². The smallest absolute Gasteiger partial charge is 0.475 e. The number of carbonyl (C=O) groups is 7. The molecule has 19 heteroatoms. The Hall–Kier alpha value is -5.85. The van der Waals surface area contributed by atoms with Crippen molar-refractivity contribution in [1.29, 1.82) is 0 Å². The Kier molecular flexibility index (Phi) is 11.9. The average molecular weight is 746 g/mol. The molecule has 2 aliphatic heterocycles. The summed E-state index contributed by atoms with van der Waals surface area (Å²) in [5.74, 6) is -5.80. The molecule has 6 amide bonds. The Bertz CT molecular complexity index is 1950. The number of nitrogens with zero attached hydrogens (tertiary/aromatic N) is 5. The standard InChI is InChI=1S/C32H37N7O7.C2HF3O2/c1-17(2)22-14-34-37(6)26(22)27(29(42)33-3)38(16-19-11-10-18(46-19)15-36(4)5)30(43)20-8-7-9-21-25(20)32(45)39(31(21)44)23-12-13-24(40)35-28(23)41;3-2(4,5)1(6)7/h7-11,14,17,23,27H,12-13,15-16H2,1-6H3,(H,33,42)(H,35,40,41);(H,6,7). The van der Waals surface area contributed by atoms with Gasteiger partial charge in [-0.05, 0) is 56.3 Å². The minimum absolute atomic E-state index is 0.0312. The summed E-state index contributed by atoms with van der Waals surface area (Å²) in [5, 5.41) is 16.4. The molecule has 1 fully saturated rings. The number of carboxylic acid groups (broad SMARTS) is 1. The van der Waals surface area contributed by atoms with E-state index >= 15 is 0 Å². The highest BCUT2D eigenvalue weighted by Gasteiger charge is 2.47. The number of carbonyl (C=O) groups excluding carboxylic acids is 6. The second-order valence-corrected chi connectivity index (χ2v) is 12.8. The molecule has 284 valence electrons. The molecular weight excluding hydrogens is 707 g/mol. The second-order valence-electron chi connectivity index (χ2n) is 12.8. The lowest BCUT2D eigenvalue weighted by atomic mass is 9.96. The van der Waals surface area contributed by atoms with Gasteiger partial charge in [-0.1, -0.05) is 19.9 Å². The molecule has 2 unspecified atom stereocenters. The zero-order valence-corrected chi connectivity index (χ0v) is 29.6. The lowest BCUT2D eigenvalue weighted by Crippen LogP contribution is -2.54. The molecule has 3 N–H and O–H groups in total. The highest BCUT2D eigenvalue weighted by Crippen LogP contribution is 2.35. The van der Waals surface area contributed by atoms with Crippen LogP contribution >= 0.6 is 0 Å². The molecule has 0 saturated carbocycles. The van der Waals surface area contributed by atoms with Crippen molar-refractivity contribution < 1.29 is 56.3 Å². The molecule has 0 aliphatic carbocycles. The maximum Gasteiger partial charge on any atom is 0.490 e. The summed E-state index contributed by atoms with van der Waals surface area (Å²) in [5.41, 5.74) is 0.877. The molecule has 3 aromatic rings. The van der Waals surface area contributed by atoms with Crippen LogP contribution in [0.15, 0.2) is 40.9 Å².